The Bertz CT molecular complexity index is 998. The Morgan fingerprint density at radius 1 is 1.00 bits per heavy atom. The zero-order valence-corrected chi connectivity index (χ0v) is 14.3. The highest BCUT2D eigenvalue weighted by atomic mass is 32.2. The van der Waals surface area contributed by atoms with Crippen LogP contribution in [-0.4, -0.2) is 17.8 Å². The van der Waals surface area contributed by atoms with Crippen molar-refractivity contribution in [1.82, 2.24) is 10.3 Å². The van der Waals surface area contributed by atoms with Crippen LogP contribution in [-0.2, 0) is 6.42 Å². The summed E-state index contributed by atoms with van der Waals surface area (Å²) in [6.45, 7) is 0.970. The molecule has 0 saturated carbocycles. The van der Waals surface area contributed by atoms with E-state index < -0.39 is 0 Å². The lowest BCUT2D eigenvalue weighted by molar-refractivity contribution is 0.861. The maximum Gasteiger partial charge on any atom is 0.0498 e. The van der Waals surface area contributed by atoms with Crippen LogP contribution in [0.15, 0.2) is 65.1 Å². The van der Waals surface area contributed by atoms with Crippen LogP contribution < -0.4 is 5.32 Å². The Morgan fingerprint density at radius 2 is 1.83 bits per heavy atom. The third-order valence-electron chi connectivity index (χ3n) is 4.87. The minimum Gasteiger partial charge on any atom is -0.384 e. The Kier molecular flexibility index (Phi) is 3.10. The summed E-state index contributed by atoms with van der Waals surface area (Å²) in [4.78, 5) is 4.98. The van der Waals surface area contributed by atoms with Crippen LogP contribution >= 0.6 is 11.8 Å². The number of aromatic amines is 1. The van der Waals surface area contributed by atoms with E-state index in [1.54, 1.807) is 11.8 Å². The highest BCUT2D eigenvalue weighted by Gasteiger charge is 2.22. The molecular weight excluding hydrogens is 312 g/mol. The normalized spacial score (nSPS) is 15.5. The lowest BCUT2D eigenvalue weighted by Crippen LogP contribution is -2.13. The first kappa shape index (κ1) is 14.0. The number of benzene rings is 2. The first-order chi connectivity index (χ1) is 11.8. The maximum absolute atomic E-state index is 3.68. The molecule has 0 amide bonds. The number of hydrogen-bond acceptors (Lipinski definition) is 2. The van der Waals surface area contributed by atoms with Gasteiger partial charge in [-0.25, -0.2) is 0 Å². The fourth-order valence-electron chi connectivity index (χ4n) is 3.65. The molecule has 3 aromatic rings. The minimum absolute atomic E-state index is 0.970. The summed E-state index contributed by atoms with van der Waals surface area (Å²) in [5.41, 5.74) is 9.14. The second kappa shape index (κ2) is 5.32. The third kappa shape index (κ3) is 2.12. The van der Waals surface area contributed by atoms with Crippen molar-refractivity contribution in [2.24, 2.45) is 0 Å². The predicted octanol–water partition coefficient (Wildman–Crippen LogP) is 4.98. The molecule has 1 aromatic heterocycles. The number of nitrogens with one attached hydrogen (secondary N) is 2. The van der Waals surface area contributed by atoms with Crippen molar-refractivity contribution in [2.75, 3.05) is 12.8 Å². The zero-order chi connectivity index (χ0) is 16.1. The van der Waals surface area contributed by atoms with Crippen LogP contribution in [0.1, 0.15) is 11.1 Å². The van der Waals surface area contributed by atoms with Crippen molar-refractivity contribution in [2.45, 2.75) is 11.3 Å². The summed E-state index contributed by atoms with van der Waals surface area (Å²) in [7, 11) is 0. The third-order valence-corrected chi connectivity index (χ3v) is 5.62. The molecule has 2 heterocycles. The van der Waals surface area contributed by atoms with Gasteiger partial charge in [0, 0.05) is 39.3 Å². The monoisotopic (exact) mass is 330 g/mol. The fraction of sp³-hybridized carbons (Fsp3) is 0.143. The lowest BCUT2D eigenvalue weighted by atomic mass is 9.99. The number of hydrogen-bond donors (Lipinski definition) is 2. The van der Waals surface area contributed by atoms with Crippen LogP contribution in [0.25, 0.3) is 27.9 Å². The lowest BCUT2D eigenvalue weighted by Gasteiger charge is -2.08. The number of rotatable bonds is 2. The Hall–Kier alpha value is -2.39. The molecule has 0 fully saturated rings. The van der Waals surface area contributed by atoms with E-state index in [9.17, 15) is 0 Å². The molecule has 2 aliphatic rings. The first-order valence-electron chi connectivity index (χ1n) is 8.30. The Balaban J connectivity index is 1.75. The molecule has 2 N–H and O–H groups in total. The zero-order valence-electron chi connectivity index (χ0n) is 13.5. The number of H-pyrrole nitrogens is 1. The molecule has 24 heavy (non-hydrogen) atoms. The summed E-state index contributed by atoms with van der Waals surface area (Å²) in [6.07, 6.45) is 7.51. The molecule has 2 nitrogen and oxygen atoms in total. The van der Waals surface area contributed by atoms with E-state index in [0.717, 1.165) is 13.0 Å². The van der Waals surface area contributed by atoms with Gasteiger partial charge < -0.3 is 10.3 Å². The summed E-state index contributed by atoms with van der Waals surface area (Å²) >= 11 is 1.78. The van der Waals surface area contributed by atoms with Gasteiger partial charge in [0.1, 0.15) is 0 Å². The van der Waals surface area contributed by atoms with Gasteiger partial charge in [-0.1, -0.05) is 36.4 Å². The van der Waals surface area contributed by atoms with Crippen LogP contribution in [0.5, 0.6) is 0 Å². The predicted molar refractivity (Wildman–Crippen MR) is 103 cm³/mol. The minimum atomic E-state index is 0.970. The average Bonchev–Trinajstić information content (AvgIpc) is 3.41. The van der Waals surface area contributed by atoms with E-state index in [1.165, 1.54) is 49.5 Å². The molecule has 3 heteroatoms. The van der Waals surface area contributed by atoms with E-state index in [4.69, 9.17) is 0 Å². The SMILES string of the molecule is CSc1ccc(-c2[nH]c3cccc4c3c2CCNC4=C2C=C2)cc1. The number of aromatic nitrogens is 1. The van der Waals surface area contributed by atoms with Crippen LogP contribution in [0.3, 0.4) is 0 Å². The molecule has 0 saturated heterocycles. The van der Waals surface area contributed by atoms with E-state index in [2.05, 4.69) is 71.2 Å². The molecule has 1 aliphatic heterocycles. The van der Waals surface area contributed by atoms with E-state index in [1.807, 2.05) is 0 Å². The van der Waals surface area contributed by atoms with Crippen LogP contribution in [0.4, 0.5) is 0 Å². The van der Waals surface area contributed by atoms with E-state index in [-0.39, 0.29) is 0 Å². The van der Waals surface area contributed by atoms with Crippen molar-refractivity contribution < 1.29 is 0 Å². The standard InChI is InChI=1S/C21H18N2S/c1-24-15-9-7-14(8-10-15)21-17-11-12-22-20(13-5-6-13)16-3-2-4-18(23-21)19(16)17/h2-10,22-23H,11-12H2,1H3. The highest BCUT2D eigenvalue weighted by molar-refractivity contribution is 7.98. The fourth-order valence-corrected chi connectivity index (χ4v) is 4.06. The van der Waals surface area contributed by atoms with E-state index >= 15 is 0 Å². The Morgan fingerprint density at radius 3 is 2.58 bits per heavy atom. The molecule has 2 aromatic carbocycles. The maximum atomic E-state index is 3.68. The highest BCUT2D eigenvalue weighted by Crippen LogP contribution is 2.39. The second-order valence-corrected chi connectivity index (χ2v) is 7.16. The first-order valence-corrected chi connectivity index (χ1v) is 9.52. The quantitative estimate of drug-likeness (QED) is 0.648. The molecule has 0 atom stereocenters. The van der Waals surface area contributed by atoms with Gasteiger partial charge in [0.25, 0.3) is 0 Å². The topological polar surface area (TPSA) is 27.8 Å². The molecule has 0 unspecified atom stereocenters. The van der Waals surface area contributed by atoms with Gasteiger partial charge in [0.05, 0.1) is 0 Å². The molecule has 0 radical (unpaired) electrons. The van der Waals surface area contributed by atoms with Crippen molar-refractivity contribution >= 4 is 28.4 Å². The van der Waals surface area contributed by atoms with Gasteiger partial charge in [-0.3, -0.25) is 0 Å². The molecule has 0 spiro atoms. The molecule has 0 bridgehead atoms. The van der Waals surface area contributed by atoms with Gasteiger partial charge in [-0.2, -0.15) is 0 Å². The summed E-state index contributed by atoms with van der Waals surface area (Å²) < 4.78 is 0. The largest absolute Gasteiger partial charge is 0.384 e. The summed E-state index contributed by atoms with van der Waals surface area (Å²) in [6, 6.07) is 15.4. The number of allylic oxidation sites excluding steroid dienone is 3. The second-order valence-electron chi connectivity index (χ2n) is 6.28. The van der Waals surface area contributed by atoms with Crippen LogP contribution in [0.2, 0.25) is 0 Å². The van der Waals surface area contributed by atoms with Gasteiger partial charge in [-0.05, 0) is 47.6 Å². The van der Waals surface area contributed by atoms with Gasteiger partial charge >= 0.3 is 0 Å². The Labute approximate surface area is 145 Å². The van der Waals surface area contributed by atoms with Gasteiger partial charge in [-0.15, -0.1) is 11.8 Å². The smallest absolute Gasteiger partial charge is 0.0498 e. The molecule has 5 rings (SSSR count). The average molecular weight is 330 g/mol. The van der Waals surface area contributed by atoms with Crippen molar-refractivity contribution in [3.05, 3.63) is 71.3 Å². The van der Waals surface area contributed by atoms with Crippen LogP contribution in [0, 0.1) is 0 Å². The van der Waals surface area contributed by atoms with Gasteiger partial charge in [0.15, 0.2) is 0 Å². The van der Waals surface area contributed by atoms with E-state index in [0.29, 0.717) is 0 Å². The molecular formula is C21H18N2S. The van der Waals surface area contributed by atoms with Crippen molar-refractivity contribution in [1.29, 1.82) is 0 Å². The molecule has 1 aliphatic carbocycles. The summed E-state index contributed by atoms with van der Waals surface area (Å²) in [5, 5.41) is 5.01. The van der Waals surface area contributed by atoms with Crippen molar-refractivity contribution in [3.63, 3.8) is 0 Å². The summed E-state index contributed by atoms with van der Waals surface area (Å²) in [5.74, 6) is 0. The van der Waals surface area contributed by atoms with Gasteiger partial charge in [0.2, 0.25) is 0 Å². The molecule has 118 valence electrons. The van der Waals surface area contributed by atoms with Crippen molar-refractivity contribution in [3.8, 4) is 11.3 Å². The number of thioether (sulfide) groups is 1.